The molecule has 3 N–H and O–H groups in total. The maximum absolute atomic E-state index is 6.19. The van der Waals surface area contributed by atoms with Crippen molar-refractivity contribution in [2.24, 2.45) is 11.8 Å². The second-order valence-electron chi connectivity index (χ2n) is 6.23. The Morgan fingerprint density at radius 3 is 3.00 bits per heavy atom. The smallest absolute Gasteiger partial charge is 0.0897 e. The molecule has 0 aromatic carbocycles. The summed E-state index contributed by atoms with van der Waals surface area (Å²) in [5, 5.41) is 3.29. The third-order valence-corrected chi connectivity index (χ3v) is 6.62. The second-order valence-corrected chi connectivity index (χ2v) is 8.52. The average Bonchev–Trinajstić information content (AvgIpc) is 2.91. The van der Waals surface area contributed by atoms with E-state index < -0.39 is 0 Å². The minimum atomic E-state index is 0.126. The Bertz CT molecular complexity index is 454. The summed E-state index contributed by atoms with van der Waals surface area (Å²) in [4.78, 5) is 4.59. The topological polar surface area (TPSA) is 60.2 Å². The number of nitrogens with one attached hydrogen (secondary N) is 1. The summed E-state index contributed by atoms with van der Waals surface area (Å²) in [7, 11) is 0. The Hall–Kier alpha value is -0.140. The molecule has 1 aromatic rings. The molecule has 0 amide bonds. The van der Waals surface area contributed by atoms with E-state index in [1.54, 1.807) is 11.3 Å². The first kappa shape index (κ1) is 15.7. The number of thiazole rings is 1. The summed E-state index contributed by atoms with van der Waals surface area (Å²) in [6, 6.07) is 0.307. The van der Waals surface area contributed by atoms with Crippen LogP contribution < -0.4 is 11.3 Å². The zero-order chi connectivity index (χ0) is 14.7. The molecule has 6 heteroatoms. The number of rotatable bonds is 4. The predicted octanol–water partition coefficient (Wildman–Crippen LogP) is 2.52. The lowest BCUT2D eigenvalue weighted by molar-refractivity contribution is -0.107. The molecule has 3 heterocycles. The summed E-state index contributed by atoms with van der Waals surface area (Å²) < 4.78 is 6.19. The maximum atomic E-state index is 6.19. The van der Waals surface area contributed by atoms with Gasteiger partial charge in [0, 0.05) is 24.4 Å². The van der Waals surface area contributed by atoms with E-state index in [9.17, 15) is 0 Å². The number of thioether (sulfide) groups is 1. The SMILES string of the molecule is Cc1nc(CC(NN)C2CCOC3(CCSCC3)C2)cs1. The van der Waals surface area contributed by atoms with Gasteiger partial charge in [-0.25, -0.2) is 4.98 Å². The van der Waals surface area contributed by atoms with Gasteiger partial charge < -0.3 is 4.74 Å². The van der Waals surface area contributed by atoms with Crippen molar-refractivity contribution in [3.63, 3.8) is 0 Å². The molecule has 2 aliphatic rings. The minimum Gasteiger partial charge on any atom is -0.375 e. The number of nitrogens with zero attached hydrogens (tertiary/aromatic N) is 1. The van der Waals surface area contributed by atoms with Crippen LogP contribution in [0.25, 0.3) is 0 Å². The van der Waals surface area contributed by atoms with Crippen molar-refractivity contribution in [2.75, 3.05) is 18.1 Å². The largest absolute Gasteiger partial charge is 0.375 e. The first-order chi connectivity index (χ1) is 10.2. The molecular formula is C15H25N3OS2. The standard InChI is InChI=1S/C15H25N3OS2/c1-11-17-13(10-21-11)8-14(18-16)12-2-5-19-15(9-12)3-6-20-7-4-15/h10,12,14,18H,2-9,16H2,1H3. The van der Waals surface area contributed by atoms with Gasteiger partial charge in [-0.15, -0.1) is 11.3 Å². The number of hydrogen-bond acceptors (Lipinski definition) is 6. The molecule has 21 heavy (non-hydrogen) atoms. The van der Waals surface area contributed by atoms with E-state index in [4.69, 9.17) is 10.6 Å². The Labute approximate surface area is 135 Å². The minimum absolute atomic E-state index is 0.126. The molecule has 2 fully saturated rings. The summed E-state index contributed by atoms with van der Waals surface area (Å²) in [5.74, 6) is 8.92. The van der Waals surface area contributed by atoms with Crippen molar-refractivity contribution < 1.29 is 4.74 Å². The van der Waals surface area contributed by atoms with E-state index in [-0.39, 0.29) is 5.60 Å². The van der Waals surface area contributed by atoms with Gasteiger partial charge in [0.1, 0.15) is 0 Å². The van der Waals surface area contributed by atoms with Crippen molar-refractivity contribution in [2.45, 2.75) is 50.7 Å². The highest BCUT2D eigenvalue weighted by atomic mass is 32.2. The Morgan fingerprint density at radius 2 is 2.33 bits per heavy atom. The first-order valence-electron chi connectivity index (χ1n) is 7.80. The molecule has 0 bridgehead atoms. The Balaban J connectivity index is 1.65. The van der Waals surface area contributed by atoms with Gasteiger partial charge in [0.05, 0.1) is 16.3 Å². The summed E-state index contributed by atoms with van der Waals surface area (Å²) in [6.45, 7) is 2.94. The highest BCUT2D eigenvalue weighted by Crippen LogP contribution is 2.41. The lowest BCUT2D eigenvalue weighted by Crippen LogP contribution is -2.50. The van der Waals surface area contributed by atoms with Gasteiger partial charge in [-0.3, -0.25) is 11.3 Å². The van der Waals surface area contributed by atoms with Crippen LogP contribution in [0.5, 0.6) is 0 Å². The van der Waals surface area contributed by atoms with E-state index in [0.717, 1.165) is 30.9 Å². The van der Waals surface area contributed by atoms with E-state index in [1.165, 1.54) is 30.0 Å². The molecule has 4 nitrogen and oxygen atoms in total. The van der Waals surface area contributed by atoms with Crippen molar-refractivity contribution in [3.05, 3.63) is 16.1 Å². The van der Waals surface area contributed by atoms with Crippen LogP contribution in [0.2, 0.25) is 0 Å². The van der Waals surface area contributed by atoms with Crippen LogP contribution >= 0.6 is 23.1 Å². The van der Waals surface area contributed by atoms with Crippen LogP contribution in [0.4, 0.5) is 0 Å². The monoisotopic (exact) mass is 327 g/mol. The molecule has 1 aromatic heterocycles. The van der Waals surface area contributed by atoms with E-state index in [0.29, 0.717) is 12.0 Å². The summed E-state index contributed by atoms with van der Waals surface area (Å²) >= 11 is 3.77. The predicted molar refractivity (Wildman–Crippen MR) is 89.6 cm³/mol. The zero-order valence-electron chi connectivity index (χ0n) is 12.6. The van der Waals surface area contributed by atoms with Crippen molar-refractivity contribution in [1.29, 1.82) is 0 Å². The zero-order valence-corrected chi connectivity index (χ0v) is 14.3. The van der Waals surface area contributed by atoms with E-state index in [1.807, 2.05) is 0 Å². The van der Waals surface area contributed by atoms with Gasteiger partial charge in [0.25, 0.3) is 0 Å². The van der Waals surface area contributed by atoms with E-state index >= 15 is 0 Å². The van der Waals surface area contributed by atoms with Gasteiger partial charge in [-0.2, -0.15) is 11.8 Å². The summed E-state index contributed by atoms with van der Waals surface area (Å²) in [6.07, 6.45) is 5.57. The van der Waals surface area contributed by atoms with Crippen molar-refractivity contribution in [3.8, 4) is 0 Å². The number of nitrogens with two attached hydrogens (primary N) is 1. The third kappa shape index (κ3) is 3.79. The second kappa shape index (κ2) is 6.96. The molecule has 0 saturated carbocycles. The van der Waals surface area contributed by atoms with Crippen LogP contribution in [-0.4, -0.2) is 34.7 Å². The Morgan fingerprint density at radius 1 is 1.52 bits per heavy atom. The molecule has 2 unspecified atom stereocenters. The number of aromatic nitrogens is 1. The molecule has 2 atom stereocenters. The van der Waals surface area contributed by atoms with Gasteiger partial charge in [-0.05, 0) is 50.0 Å². The number of hydrazine groups is 1. The lowest BCUT2D eigenvalue weighted by Gasteiger charge is -2.45. The fourth-order valence-electron chi connectivity index (χ4n) is 3.59. The molecule has 0 aliphatic carbocycles. The summed E-state index contributed by atoms with van der Waals surface area (Å²) in [5.41, 5.74) is 4.35. The van der Waals surface area contributed by atoms with Crippen LogP contribution in [0.1, 0.15) is 36.4 Å². The van der Waals surface area contributed by atoms with Crippen LogP contribution in [0.3, 0.4) is 0 Å². The molecule has 2 aliphatic heterocycles. The van der Waals surface area contributed by atoms with Gasteiger partial charge >= 0.3 is 0 Å². The fraction of sp³-hybridized carbons (Fsp3) is 0.800. The fourth-order valence-corrected chi connectivity index (χ4v) is 5.45. The number of hydrogen-bond donors (Lipinski definition) is 2. The number of ether oxygens (including phenoxy) is 1. The molecule has 1 spiro atoms. The van der Waals surface area contributed by atoms with Crippen LogP contribution in [-0.2, 0) is 11.2 Å². The molecule has 2 saturated heterocycles. The molecular weight excluding hydrogens is 302 g/mol. The maximum Gasteiger partial charge on any atom is 0.0897 e. The van der Waals surface area contributed by atoms with Crippen LogP contribution in [0.15, 0.2) is 5.38 Å². The number of aryl methyl sites for hydroxylation is 1. The van der Waals surface area contributed by atoms with Crippen molar-refractivity contribution >= 4 is 23.1 Å². The van der Waals surface area contributed by atoms with Gasteiger partial charge in [-0.1, -0.05) is 0 Å². The normalized spacial score (nSPS) is 26.9. The lowest BCUT2D eigenvalue weighted by atomic mass is 9.78. The highest BCUT2D eigenvalue weighted by molar-refractivity contribution is 7.99. The molecule has 0 radical (unpaired) electrons. The van der Waals surface area contributed by atoms with Gasteiger partial charge in [0.15, 0.2) is 0 Å². The highest BCUT2D eigenvalue weighted by Gasteiger charge is 2.40. The first-order valence-corrected chi connectivity index (χ1v) is 9.83. The average molecular weight is 328 g/mol. The quantitative estimate of drug-likeness (QED) is 0.657. The van der Waals surface area contributed by atoms with E-state index in [2.05, 4.69) is 34.5 Å². The third-order valence-electron chi connectivity index (χ3n) is 4.81. The molecule has 118 valence electrons. The van der Waals surface area contributed by atoms with Crippen LogP contribution in [0, 0.1) is 12.8 Å². The van der Waals surface area contributed by atoms with Gasteiger partial charge in [0.2, 0.25) is 0 Å². The Kier molecular flexibility index (Phi) is 5.22. The van der Waals surface area contributed by atoms with Crippen molar-refractivity contribution in [1.82, 2.24) is 10.4 Å². The molecule has 3 rings (SSSR count).